The maximum absolute atomic E-state index is 4.00. The molecule has 0 radical (unpaired) electrons. The lowest BCUT2D eigenvalue weighted by atomic mass is 10.0. The van der Waals surface area contributed by atoms with Gasteiger partial charge in [0, 0.05) is 6.04 Å². The van der Waals surface area contributed by atoms with Crippen LogP contribution in [-0.4, -0.2) is 13.1 Å². The van der Waals surface area contributed by atoms with Crippen LogP contribution in [-0.2, 0) is 0 Å². The van der Waals surface area contributed by atoms with Crippen molar-refractivity contribution in [2.75, 3.05) is 7.05 Å². The SMILES string of the molecule is C=C(CC)CCCC(CC)NC. The number of hydrogen-bond donors (Lipinski definition) is 1. The van der Waals surface area contributed by atoms with Crippen molar-refractivity contribution >= 4 is 0 Å². The van der Waals surface area contributed by atoms with Gasteiger partial charge in [-0.05, 0) is 39.2 Å². The molecule has 1 N–H and O–H groups in total. The van der Waals surface area contributed by atoms with Crippen molar-refractivity contribution in [2.45, 2.75) is 52.0 Å². The standard InChI is InChI=1S/C11H23N/c1-5-10(3)8-7-9-11(6-2)12-4/h11-12H,3,5-9H2,1-2,4H3. The van der Waals surface area contributed by atoms with Crippen LogP contribution in [0.2, 0.25) is 0 Å². The Labute approximate surface area is 77.2 Å². The maximum Gasteiger partial charge on any atom is 0.00615 e. The van der Waals surface area contributed by atoms with Crippen LogP contribution in [0.15, 0.2) is 12.2 Å². The molecule has 0 aliphatic carbocycles. The molecule has 1 nitrogen and oxygen atoms in total. The predicted molar refractivity (Wildman–Crippen MR) is 56.4 cm³/mol. The summed E-state index contributed by atoms with van der Waals surface area (Å²) in [5.41, 5.74) is 1.39. The summed E-state index contributed by atoms with van der Waals surface area (Å²) in [6, 6.07) is 0.703. The van der Waals surface area contributed by atoms with Crippen molar-refractivity contribution in [1.82, 2.24) is 5.32 Å². The predicted octanol–water partition coefficient (Wildman–Crippen LogP) is 3.12. The van der Waals surface area contributed by atoms with Crippen molar-refractivity contribution in [3.05, 3.63) is 12.2 Å². The van der Waals surface area contributed by atoms with Gasteiger partial charge in [0.2, 0.25) is 0 Å². The summed E-state index contributed by atoms with van der Waals surface area (Å²) in [7, 11) is 2.04. The minimum absolute atomic E-state index is 0.703. The minimum Gasteiger partial charge on any atom is -0.317 e. The number of nitrogens with one attached hydrogen (secondary N) is 1. The van der Waals surface area contributed by atoms with Gasteiger partial charge in [-0.2, -0.15) is 0 Å². The largest absolute Gasteiger partial charge is 0.317 e. The van der Waals surface area contributed by atoms with Gasteiger partial charge in [0.05, 0.1) is 0 Å². The van der Waals surface area contributed by atoms with E-state index in [1.165, 1.54) is 31.3 Å². The van der Waals surface area contributed by atoms with E-state index >= 15 is 0 Å². The van der Waals surface area contributed by atoms with Gasteiger partial charge >= 0.3 is 0 Å². The fraction of sp³-hybridized carbons (Fsp3) is 0.818. The third-order valence-corrected chi connectivity index (χ3v) is 2.48. The summed E-state index contributed by atoms with van der Waals surface area (Å²) in [6.45, 7) is 8.41. The first-order chi connectivity index (χ1) is 5.74. The number of allylic oxidation sites excluding steroid dienone is 1. The van der Waals surface area contributed by atoms with Gasteiger partial charge in [-0.25, -0.2) is 0 Å². The molecule has 0 fully saturated rings. The minimum atomic E-state index is 0.703. The van der Waals surface area contributed by atoms with E-state index in [0.29, 0.717) is 6.04 Å². The lowest BCUT2D eigenvalue weighted by molar-refractivity contribution is 0.490. The first kappa shape index (κ1) is 11.7. The Morgan fingerprint density at radius 2 is 2.08 bits per heavy atom. The number of hydrogen-bond acceptors (Lipinski definition) is 1. The Hall–Kier alpha value is -0.300. The third kappa shape index (κ3) is 5.36. The molecule has 0 aromatic rings. The summed E-state index contributed by atoms with van der Waals surface area (Å²) < 4.78 is 0. The fourth-order valence-electron chi connectivity index (χ4n) is 1.33. The average Bonchev–Trinajstić information content (AvgIpc) is 2.12. The quantitative estimate of drug-likeness (QED) is 0.577. The Balaban J connectivity index is 3.34. The van der Waals surface area contributed by atoms with E-state index in [9.17, 15) is 0 Å². The molecule has 0 aromatic carbocycles. The van der Waals surface area contributed by atoms with Gasteiger partial charge in [0.15, 0.2) is 0 Å². The molecule has 1 unspecified atom stereocenters. The van der Waals surface area contributed by atoms with E-state index in [1.807, 2.05) is 7.05 Å². The molecule has 0 aliphatic rings. The molecule has 0 aromatic heterocycles. The topological polar surface area (TPSA) is 12.0 Å². The lowest BCUT2D eigenvalue weighted by Crippen LogP contribution is -2.23. The summed E-state index contributed by atoms with van der Waals surface area (Å²) in [5, 5.41) is 3.31. The molecule has 0 rings (SSSR count). The van der Waals surface area contributed by atoms with Crippen LogP contribution in [0.5, 0.6) is 0 Å². The highest BCUT2D eigenvalue weighted by Gasteiger charge is 2.01. The van der Waals surface area contributed by atoms with E-state index in [0.717, 1.165) is 6.42 Å². The van der Waals surface area contributed by atoms with Crippen LogP contribution < -0.4 is 5.32 Å². The highest BCUT2D eigenvalue weighted by Crippen LogP contribution is 2.10. The Kier molecular flexibility index (Phi) is 7.17. The van der Waals surface area contributed by atoms with Crippen molar-refractivity contribution in [1.29, 1.82) is 0 Å². The van der Waals surface area contributed by atoms with Crippen LogP contribution >= 0.6 is 0 Å². The first-order valence-electron chi connectivity index (χ1n) is 5.08. The molecule has 0 saturated heterocycles. The highest BCUT2D eigenvalue weighted by molar-refractivity contribution is 4.92. The normalized spacial score (nSPS) is 12.9. The van der Waals surface area contributed by atoms with E-state index in [2.05, 4.69) is 25.7 Å². The molecule has 0 amide bonds. The molecule has 0 aliphatic heterocycles. The molecule has 0 spiro atoms. The zero-order valence-electron chi connectivity index (χ0n) is 8.82. The van der Waals surface area contributed by atoms with Crippen molar-refractivity contribution in [2.24, 2.45) is 0 Å². The van der Waals surface area contributed by atoms with Crippen LogP contribution in [0, 0.1) is 0 Å². The second-order valence-electron chi connectivity index (χ2n) is 3.39. The van der Waals surface area contributed by atoms with E-state index in [1.54, 1.807) is 0 Å². The van der Waals surface area contributed by atoms with Crippen LogP contribution in [0.3, 0.4) is 0 Å². The summed E-state index contributed by atoms with van der Waals surface area (Å²) in [5.74, 6) is 0. The molecule has 0 saturated carbocycles. The van der Waals surface area contributed by atoms with E-state index < -0.39 is 0 Å². The van der Waals surface area contributed by atoms with Crippen LogP contribution in [0.1, 0.15) is 46.0 Å². The maximum atomic E-state index is 4.00. The molecule has 1 heteroatoms. The molecule has 12 heavy (non-hydrogen) atoms. The van der Waals surface area contributed by atoms with E-state index in [-0.39, 0.29) is 0 Å². The molecular formula is C11H23N. The zero-order valence-corrected chi connectivity index (χ0v) is 8.82. The molecular weight excluding hydrogens is 146 g/mol. The fourth-order valence-corrected chi connectivity index (χ4v) is 1.33. The Bertz CT molecular complexity index is 114. The summed E-state index contributed by atoms with van der Waals surface area (Å²) >= 11 is 0. The van der Waals surface area contributed by atoms with Crippen molar-refractivity contribution in [3.8, 4) is 0 Å². The number of rotatable bonds is 7. The Morgan fingerprint density at radius 3 is 2.50 bits per heavy atom. The van der Waals surface area contributed by atoms with Gasteiger partial charge in [-0.15, -0.1) is 0 Å². The van der Waals surface area contributed by atoms with Gasteiger partial charge in [0.25, 0.3) is 0 Å². The van der Waals surface area contributed by atoms with Gasteiger partial charge in [-0.1, -0.05) is 26.0 Å². The monoisotopic (exact) mass is 169 g/mol. The van der Waals surface area contributed by atoms with Crippen molar-refractivity contribution < 1.29 is 0 Å². The van der Waals surface area contributed by atoms with Gasteiger partial charge < -0.3 is 5.32 Å². The summed E-state index contributed by atoms with van der Waals surface area (Å²) in [4.78, 5) is 0. The smallest absolute Gasteiger partial charge is 0.00615 e. The first-order valence-corrected chi connectivity index (χ1v) is 5.08. The Morgan fingerprint density at radius 1 is 1.42 bits per heavy atom. The van der Waals surface area contributed by atoms with Crippen LogP contribution in [0.25, 0.3) is 0 Å². The van der Waals surface area contributed by atoms with Gasteiger partial charge in [-0.3, -0.25) is 0 Å². The molecule has 1 atom stereocenters. The highest BCUT2D eigenvalue weighted by atomic mass is 14.9. The lowest BCUT2D eigenvalue weighted by Gasteiger charge is -2.13. The molecule has 0 bridgehead atoms. The molecule has 72 valence electrons. The third-order valence-electron chi connectivity index (χ3n) is 2.48. The van der Waals surface area contributed by atoms with E-state index in [4.69, 9.17) is 0 Å². The zero-order chi connectivity index (χ0) is 9.40. The van der Waals surface area contributed by atoms with Crippen molar-refractivity contribution in [3.63, 3.8) is 0 Å². The second kappa shape index (κ2) is 7.35. The van der Waals surface area contributed by atoms with Gasteiger partial charge in [0.1, 0.15) is 0 Å². The second-order valence-corrected chi connectivity index (χ2v) is 3.39. The summed E-state index contributed by atoms with van der Waals surface area (Å²) in [6.07, 6.45) is 6.14. The average molecular weight is 169 g/mol. The van der Waals surface area contributed by atoms with Crippen LogP contribution in [0.4, 0.5) is 0 Å². The molecule has 0 heterocycles.